The zero-order valence-corrected chi connectivity index (χ0v) is 15.3. The van der Waals surface area contributed by atoms with Gasteiger partial charge in [0.15, 0.2) is 5.96 Å². The Balaban J connectivity index is 1.60. The normalized spacial score (nSPS) is 14.6. The molecule has 1 aliphatic rings. The summed E-state index contributed by atoms with van der Waals surface area (Å²) >= 11 is 6.09. The van der Waals surface area contributed by atoms with Gasteiger partial charge < -0.3 is 20.7 Å². The van der Waals surface area contributed by atoms with Gasteiger partial charge in [0, 0.05) is 24.3 Å². The van der Waals surface area contributed by atoms with Gasteiger partial charge in [-0.2, -0.15) is 0 Å². The van der Waals surface area contributed by atoms with Crippen LogP contribution in [0.3, 0.4) is 0 Å². The van der Waals surface area contributed by atoms with Crippen LogP contribution in [-0.4, -0.2) is 25.5 Å². The molecule has 0 saturated carbocycles. The molecule has 1 aliphatic heterocycles. The van der Waals surface area contributed by atoms with E-state index in [1.54, 1.807) is 19.2 Å². The average Bonchev–Trinajstić information content (AvgIpc) is 3.06. The Kier molecular flexibility index (Phi) is 5.63. The van der Waals surface area contributed by atoms with E-state index in [0.29, 0.717) is 29.7 Å². The van der Waals surface area contributed by atoms with E-state index in [1.807, 2.05) is 35.2 Å². The van der Waals surface area contributed by atoms with Gasteiger partial charge in [-0.05, 0) is 42.3 Å². The number of benzene rings is 2. The molecule has 1 heterocycles. The van der Waals surface area contributed by atoms with Gasteiger partial charge in [-0.3, -0.25) is 4.79 Å². The maximum absolute atomic E-state index is 11.8. The van der Waals surface area contributed by atoms with E-state index in [9.17, 15) is 4.79 Å². The van der Waals surface area contributed by atoms with Gasteiger partial charge in [-0.1, -0.05) is 23.7 Å². The summed E-state index contributed by atoms with van der Waals surface area (Å²) in [7, 11) is 1.56. The second kappa shape index (κ2) is 8.10. The summed E-state index contributed by atoms with van der Waals surface area (Å²) in [5.74, 6) is 1.08. The number of guanidine groups is 1. The minimum absolute atomic E-state index is 0.183. The Morgan fingerprint density at radius 3 is 2.69 bits per heavy atom. The van der Waals surface area contributed by atoms with Gasteiger partial charge in [-0.15, -0.1) is 0 Å². The van der Waals surface area contributed by atoms with Gasteiger partial charge in [-0.25, -0.2) is 4.99 Å². The van der Waals surface area contributed by atoms with E-state index in [4.69, 9.17) is 22.1 Å². The Morgan fingerprint density at radius 1 is 1.31 bits per heavy atom. The molecule has 7 heteroatoms. The van der Waals surface area contributed by atoms with Crippen molar-refractivity contribution in [2.24, 2.45) is 10.7 Å². The molecule has 0 radical (unpaired) electrons. The number of nitrogens with two attached hydrogens (primary N) is 1. The number of methoxy groups -OCH3 is 1. The van der Waals surface area contributed by atoms with Crippen molar-refractivity contribution in [1.29, 1.82) is 0 Å². The van der Waals surface area contributed by atoms with E-state index >= 15 is 0 Å². The predicted octanol–water partition coefficient (Wildman–Crippen LogP) is 3.40. The number of carbonyl (C=O) groups is 1. The highest BCUT2D eigenvalue weighted by atomic mass is 35.5. The number of rotatable bonds is 5. The molecule has 0 bridgehead atoms. The van der Waals surface area contributed by atoms with Crippen LogP contribution >= 0.6 is 11.6 Å². The molecule has 3 N–H and O–H groups in total. The second-order valence-electron chi connectivity index (χ2n) is 5.99. The molecule has 0 spiro atoms. The van der Waals surface area contributed by atoms with Crippen molar-refractivity contribution in [3.8, 4) is 5.75 Å². The average molecular weight is 373 g/mol. The third-order valence-electron chi connectivity index (χ3n) is 4.18. The molecule has 3 rings (SSSR count). The molecular weight excluding hydrogens is 352 g/mol. The fraction of sp³-hybridized carbons (Fsp3) is 0.263. The summed E-state index contributed by atoms with van der Waals surface area (Å²) in [4.78, 5) is 17.9. The molecule has 6 nitrogen and oxygen atoms in total. The fourth-order valence-corrected chi connectivity index (χ4v) is 3.07. The zero-order chi connectivity index (χ0) is 18.5. The molecule has 0 unspecified atom stereocenters. The minimum Gasteiger partial charge on any atom is -0.495 e. The Morgan fingerprint density at radius 2 is 2.08 bits per heavy atom. The number of anilines is 2. The van der Waals surface area contributed by atoms with Crippen LogP contribution in [0.4, 0.5) is 11.4 Å². The largest absolute Gasteiger partial charge is 0.495 e. The van der Waals surface area contributed by atoms with Gasteiger partial charge in [0.05, 0.1) is 18.7 Å². The number of nitrogens with one attached hydrogen (secondary N) is 1. The van der Waals surface area contributed by atoms with Crippen LogP contribution < -0.4 is 20.7 Å². The van der Waals surface area contributed by atoms with Crippen molar-refractivity contribution in [3.05, 3.63) is 53.1 Å². The first kappa shape index (κ1) is 18.1. The van der Waals surface area contributed by atoms with Gasteiger partial charge in [0.1, 0.15) is 5.75 Å². The quantitative estimate of drug-likeness (QED) is 0.622. The lowest BCUT2D eigenvalue weighted by Gasteiger charge is -2.15. The number of hydrogen-bond acceptors (Lipinski definition) is 3. The van der Waals surface area contributed by atoms with Crippen molar-refractivity contribution < 1.29 is 9.53 Å². The molecule has 136 valence electrons. The molecule has 0 aliphatic carbocycles. The van der Waals surface area contributed by atoms with Crippen LogP contribution in [0.1, 0.15) is 18.4 Å². The molecular formula is C19H21ClN4O2. The maximum Gasteiger partial charge on any atom is 0.227 e. The van der Waals surface area contributed by atoms with Crippen LogP contribution in [0, 0.1) is 0 Å². The fourth-order valence-electron chi connectivity index (χ4n) is 2.81. The predicted molar refractivity (Wildman–Crippen MR) is 105 cm³/mol. The highest BCUT2D eigenvalue weighted by Gasteiger charge is 2.21. The van der Waals surface area contributed by atoms with E-state index in [1.165, 1.54) is 0 Å². The summed E-state index contributed by atoms with van der Waals surface area (Å²) in [6, 6.07) is 13.1. The summed E-state index contributed by atoms with van der Waals surface area (Å²) < 4.78 is 5.12. The molecule has 1 fully saturated rings. The first-order valence-electron chi connectivity index (χ1n) is 8.36. The lowest BCUT2D eigenvalue weighted by Crippen LogP contribution is -2.23. The minimum atomic E-state index is 0.183. The van der Waals surface area contributed by atoms with E-state index in [0.717, 1.165) is 29.9 Å². The van der Waals surface area contributed by atoms with Gasteiger partial charge in [0.25, 0.3) is 0 Å². The lowest BCUT2D eigenvalue weighted by atomic mass is 10.2. The first-order chi connectivity index (χ1) is 12.6. The van der Waals surface area contributed by atoms with Gasteiger partial charge in [0.2, 0.25) is 5.91 Å². The summed E-state index contributed by atoms with van der Waals surface area (Å²) in [6.07, 6.45) is 1.55. The molecule has 0 atom stereocenters. The van der Waals surface area contributed by atoms with Crippen LogP contribution in [0.5, 0.6) is 5.75 Å². The van der Waals surface area contributed by atoms with Crippen molar-refractivity contribution in [3.63, 3.8) is 0 Å². The number of ether oxygens (including phenoxy) is 1. The van der Waals surface area contributed by atoms with Gasteiger partial charge >= 0.3 is 0 Å². The topological polar surface area (TPSA) is 80.0 Å². The monoisotopic (exact) mass is 372 g/mol. The lowest BCUT2D eigenvalue weighted by molar-refractivity contribution is -0.117. The molecule has 1 saturated heterocycles. The first-order valence-corrected chi connectivity index (χ1v) is 8.74. The number of aliphatic imine (C=N–C) groups is 1. The smallest absolute Gasteiger partial charge is 0.227 e. The molecule has 1 amide bonds. The van der Waals surface area contributed by atoms with Crippen LogP contribution in [0.25, 0.3) is 0 Å². The zero-order valence-electron chi connectivity index (χ0n) is 14.5. The van der Waals surface area contributed by atoms with E-state index in [2.05, 4.69) is 10.3 Å². The van der Waals surface area contributed by atoms with Crippen LogP contribution in [0.2, 0.25) is 5.02 Å². The van der Waals surface area contributed by atoms with Crippen molar-refractivity contribution in [2.75, 3.05) is 23.9 Å². The molecule has 2 aromatic carbocycles. The molecule has 0 aromatic heterocycles. The van der Waals surface area contributed by atoms with E-state index in [-0.39, 0.29) is 5.91 Å². The number of amides is 1. The maximum atomic E-state index is 11.8. The third kappa shape index (κ3) is 4.26. The highest BCUT2D eigenvalue weighted by molar-refractivity contribution is 6.32. The van der Waals surface area contributed by atoms with Crippen LogP contribution in [0.15, 0.2) is 47.5 Å². The number of carbonyl (C=O) groups excluding carboxylic acids is 1. The summed E-state index contributed by atoms with van der Waals surface area (Å²) in [5.41, 5.74) is 8.61. The van der Waals surface area contributed by atoms with Crippen molar-refractivity contribution in [2.45, 2.75) is 19.4 Å². The molecule has 2 aromatic rings. The third-order valence-corrected chi connectivity index (χ3v) is 4.47. The Labute approximate surface area is 157 Å². The standard InChI is InChI=1S/C19H21ClN4O2/c1-26-17-9-6-14(11-16(17)20)23-19(21)22-12-13-4-7-15(8-5-13)24-10-2-3-18(24)25/h4-9,11H,2-3,10,12H2,1H3,(H3,21,22,23). The Bertz CT molecular complexity index is 821. The SMILES string of the molecule is COc1ccc(NC(N)=NCc2ccc(N3CCCC3=O)cc2)cc1Cl. The Hall–Kier alpha value is -2.73. The molecule has 26 heavy (non-hydrogen) atoms. The number of halogens is 1. The number of hydrogen-bond donors (Lipinski definition) is 2. The van der Waals surface area contributed by atoms with Crippen LogP contribution in [-0.2, 0) is 11.3 Å². The number of nitrogens with zero attached hydrogens (tertiary/aromatic N) is 2. The van der Waals surface area contributed by atoms with Crippen molar-refractivity contribution in [1.82, 2.24) is 0 Å². The summed E-state index contributed by atoms with van der Waals surface area (Å²) in [5, 5.41) is 3.50. The second-order valence-corrected chi connectivity index (χ2v) is 6.40. The highest BCUT2D eigenvalue weighted by Crippen LogP contribution is 2.27. The van der Waals surface area contributed by atoms with Crippen molar-refractivity contribution >= 4 is 34.8 Å². The van der Waals surface area contributed by atoms with E-state index < -0.39 is 0 Å². The summed E-state index contributed by atoms with van der Waals surface area (Å²) in [6.45, 7) is 1.23.